The average molecular weight is 208 g/mol. The van der Waals surface area contributed by atoms with Crippen LogP contribution in [-0.4, -0.2) is 17.7 Å². The van der Waals surface area contributed by atoms with Crippen LogP contribution in [0.1, 0.15) is 33.1 Å². The smallest absolute Gasteiger partial charge is 0.550 e. The van der Waals surface area contributed by atoms with Gasteiger partial charge in [-0.15, -0.1) is 0 Å². The maximum absolute atomic E-state index is 10.2. The summed E-state index contributed by atoms with van der Waals surface area (Å²) in [6.07, 6.45) is 3.70. The van der Waals surface area contributed by atoms with Crippen molar-refractivity contribution in [1.82, 2.24) is 0 Å². The van der Waals surface area contributed by atoms with Crippen LogP contribution in [0, 0.1) is 5.92 Å². The van der Waals surface area contributed by atoms with Crippen LogP contribution >= 0.6 is 0 Å². The first-order chi connectivity index (χ1) is 6.06. The molecular weight excluding hydrogens is 191 g/mol. The van der Waals surface area contributed by atoms with Crippen molar-refractivity contribution >= 4 is 5.97 Å². The Hall–Kier alpha value is 0.170. The van der Waals surface area contributed by atoms with Crippen molar-refractivity contribution in [3.8, 4) is 0 Å². The van der Waals surface area contributed by atoms with Crippen LogP contribution in [0.5, 0.6) is 0 Å². The Kier molecular flexibility index (Phi) is 11.5. The zero-order chi connectivity index (χ0) is 10.3. The van der Waals surface area contributed by atoms with E-state index in [1.54, 1.807) is 0 Å². The number of carbonyl (C=O) groups is 1. The van der Waals surface area contributed by atoms with Gasteiger partial charge in [-0.05, 0) is 32.1 Å². The van der Waals surface area contributed by atoms with Gasteiger partial charge in [0.25, 0.3) is 0 Å². The second-order valence-corrected chi connectivity index (χ2v) is 3.47. The van der Waals surface area contributed by atoms with Gasteiger partial charge in [0.05, 0.1) is 6.61 Å². The van der Waals surface area contributed by atoms with E-state index in [1.165, 1.54) is 0 Å². The molecule has 0 radical (unpaired) electrons. The molecule has 14 heavy (non-hydrogen) atoms. The van der Waals surface area contributed by atoms with Gasteiger partial charge >= 0.3 is 29.6 Å². The van der Waals surface area contributed by atoms with Gasteiger partial charge in [0.2, 0.25) is 0 Å². The minimum Gasteiger partial charge on any atom is -0.550 e. The fourth-order valence-electron chi connectivity index (χ4n) is 1.07. The number of aliphatic carboxylic acids is 1. The van der Waals surface area contributed by atoms with Crippen LogP contribution in [-0.2, 0) is 4.79 Å². The second-order valence-electron chi connectivity index (χ2n) is 3.47. The van der Waals surface area contributed by atoms with Crippen LogP contribution in [0.25, 0.3) is 0 Å². The summed E-state index contributed by atoms with van der Waals surface area (Å²) in [4.78, 5) is 10.2. The number of aliphatic hydroxyl groups is 1. The van der Waals surface area contributed by atoms with E-state index >= 15 is 0 Å². The quantitative estimate of drug-likeness (QED) is 0.387. The third-order valence-electron chi connectivity index (χ3n) is 1.92. The van der Waals surface area contributed by atoms with Crippen molar-refractivity contribution in [1.29, 1.82) is 0 Å². The number of carboxylic acid groups (broad SMARTS) is 1. The Morgan fingerprint density at radius 3 is 2.57 bits per heavy atom. The second kappa shape index (κ2) is 9.71. The molecule has 0 fully saturated rings. The molecule has 0 heterocycles. The van der Waals surface area contributed by atoms with Gasteiger partial charge in [-0.25, -0.2) is 0 Å². The molecule has 0 bridgehead atoms. The molecule has 0 aromatic rings. The fraction of sp³-hybridized carbons (Fsp3) is 0.700. The molecule has 76 valence electrons. The third kappa shape index (κ3) is 10.3. The van der Waals surface area contributed by atoms with Crippen LogP contribution < -0.4 is 34.7 Å². The molecule has 0 saturated heterocycles. The van der Waals surface area contributed by atoms with Crippen LogP contribution in [0.2, 0.25) is 0 Å². The molecule has 3 nitrogen and oxygen atoms in total. The number of carboxylic acids is 1. The van der Waals surface area contributed by atoms with Crippen molar-refractivity contribution in [2.75, 3.05) is 6.61 Å². The topological polar surface area (TPSA) is 60.4 Å². The SMILES string of the molecule is C/C(=C\CC[C@H](C)CC(=O)[O-])CO.[Na+]. The summed E-state index contributed by atoms with van der Waals surface area (Å²) in [5, 5.41) is 18.9. The summed E-state index contributed by atoms with van der Waals surface area (Å²) < 4.78 is 0. The number of aliphatic hydroxyl groups excluding tert-OH is 1. The first kappa shape index (κ1) is 16.6. The Labute approximate surface area is 107 Å². The van der Waals surface area contributed by atoms with Gasteiger partial charge in [-0.2, -0.15) is 0 Å². The molecule has 0 aliphatic carbocycles. The number of carbonyl (C=O) groups excluding carboxylic acids is 1. The molecular formula is C10H17NaO3. The maximum Gasteiger partial charge on any atom is 1.00 e. The molecule has 0 aliphatic heterocycles. The van der Waals surface area contributed by atoms with Gasteiger partial charge in [0.1, 0.15) is 0 Å². The van der Waals surface area contributed by atoms with Gasteiger partial charge in [0, 0.05) is 5.97 Å². The maximum atomic E-state index is 10.2. The van der Waals surface area contributed by atoms with E-state index in [2.05, 4.69) is 0 Å². The molecule has 4 heteroatoms. The average Bonchev–Trinajstić information content (AvgIpc) is 2.02. The molecule has 1 N–H and O–H groups in total. The third-order valence-corrected chi connectivity index (χ3v) is 1.92. The predicted octanol–water partition coefficient (Wildman–Crippen LogP) is -2.51. The van der Waals surface area contributed by atoms with Gasteiger partial charge in [0.15, 0.2) is 0 Å². The molecule has 0 unspecified atom stereocenters. The van der Waals surface area contributed by atoms with E-state index in [9.17, 15) is 9.90 Å². The Balaban J connectivity index is 0. The molecule has 0 rings (SSSR count). The first-order valence-corrected chi connectivity index (χ1v) is 4.52. The predicted molar refractivity (Wildman–Crippen MR) is 48.9 cm³/mol. The number of hydrogen-bond acceptors (Lipinski definition) is 3. The summed E-state index contributed by atoms with van der Waals surface area (Å²) in [7, 11) is 0. The zero-order valence-corrected chi connectivity index (χ0v) is 11.2. The Bertz CT molecular complexity index is 190. The number of hydrogen-bond donors (Lipinski definition) is 1. The van der Waals surface area contributed by atoms with Crippen LogP contribution in [0.3, 0.4) is 0 Å². The summed E-state index contributed by atoms with van der Waals surface area (Å²) in [6.45, 7) is 3.82. The summed E-state index contributed by atoms with van der Waals surface area (Å²) in [6, 6.07) is 0. The number of rotatable bonds is 6. The van der Waals surface area contributed by atoms with E-state index in [4.69, 9.17) is 5.11 Å². The fourth-order valence-corrected chi connectivity index (χ4v) is 1.07. The molecule has 0 aromatic carbocycles. The minimum absolute atomic E-state index is 0. The minimum atomic E-state index is -0.990. The van der Waals surface area contributed by atoms with E-state index < -0.39 is 5.97 Å². The van der Waals surface area contributed by atoms with E-state index in [-0.39, 0.29) is 48.5 Å². The van der Waals surface area contributed by atoms with Gasteiger partial charge < -0.3 is 15.0 Å². The summed E-state index contributed by atoms with van der Waals surface area (Å²) in [5.74, 6) is -0.844. The first-order valence-electron chi connectivity index (χ1n) is 4.52. The van der Waals surface area contributed by atoms with Gasteiger partial charge in [-0.3, -0.25) is 0 Å². The summed E-state index contributed by atoms with van der Waals surface area (Å²) >= 11 is 0. The normalized spacial score (nSPS) is 13.2. The van der Waals surface area contributed by atoms with Crippen LogP contribution in [0.15, 0.2) is 11.6 Å². The molecule has 1 atom stereocenters. The standard InChI is InChI=1S/C10H18O3.Na/c1-8(6-10(12)13)4-3-5-9(2)7-11;/h5,8,11H,3-4,6-7H2,1-2H3,(H,12,13);/q;+1/p-1/b9-5+;/t8-;/m0./s1. The van der Waals surface area contributed by atoms with Crippen molar-refractivity contribution in [2.24, 2.45) is 5.92 Å². The van der Waals surface area contributed by atoms with Crippen molar-refractivity contribution < 1.29 is 44.6 Å². The zero-order valence-electron chi connectivity index (χ0n) is 9.25. The van der Waals surface area contributed by atoms with E-state index in [0.717, 1.165) is 18.4 Å². The molecule has 0 aliphatic rings. The molecule has 0 aromatic heterocycles. The van der Waals surface area contributed by atoms with E-state index in [1.807, 2.05) is 19.9 Å². The molecule has 0 amide bonds. The number of allylic oxidation sites excluding steroid dienone is 1. The largest absolute Gasteiger partial charge is 1.00 e. The Morgan fingerprint density at radius 1 is 1.57 bits per heavy atom. The van der Waals surface area contributed by atoms with Crippen molar-refractivity contribution in [2.45, 2.75) is 33.1 Å². The van der Waals surface area contributed by atoms with Crippen LogP contribution in [0.4, 0.5) is 0 Å². The van der Waals surface area contributed by atoms with Gasteiger partial charge in [-0.1, -0.05) is 18.6 Å². The van der Waals surface area contributed by atoms with E-state index in [0.29, 0.717) is 0 Å². The molecule has 0 saturated carbocycles. The molecule has 0 spiro atoms. The van der Waals surface area contributed by atoms with Crippen molar-refractivity contribution in [3.63, 3.8) is 0 Å². The van der Waals surface area contributed by atoms with Crippen molar-refractivity contribution in [3.05, 3.63) is 11.6 Å². The summed E-state index contributed by atoms with van der Waals surface area (Å²) in [5.41, 5.74) is 0.931. The monoisotopic (exact) mass is 208 g/mol. The Morgan fingerprint density at radius 2 is 2.14 bits per heavy atom.